The number of aromatic nitrogens is 2. The molecule has 0 aliphatic carbocycles. The zero-order valence-electron chi connectivity index (χ0n) is 10.4. The van der Waals surface area contributed by atoms with Gasteiger partial charge in [0.15, 0.2) is 0 Å². The van der Waals surface area contributed by atoms with E-state index in [0.717, 1.165) is 19.3 Å². The first-order valence-corrected chi connectivity index (χ1v) is 6.80. The lowest BCUT2D eigenvalue weighted by Gasteiger charge is -2.05. The molecule has 0 unspecified atom stereocenters. The summed E-state index contributed by atoms with van der Waals surface area (Å²) in [4.78, 5) is 26.6. The van der Waals surface area contributed by atoms with Crippen molar-refractivity contribution in [2.45, 2.75) is 39.2 Å². The average Bonchev–Trinajstić information content (AvgIpc) is 2.34. The molecule has 18 heavy (non-hydrogen) atoms. The number of hydrogen-bond acceptors (Lipinski definition) is 4. The van der Waals surface area contributed by atoms with Crippen LogP contribution in [0.4, 0.5) is 0 Å². The minimum absolute atomic E-state index is 0.0737. The number of rotatable bonds is 7. The van der Waals surface area contributed by atoms with E-state index < -0.39 is 0 Å². The third kappa shape index (κ3) is 5.00. The van der Waals surface area contributed by atoms with Crippen LogP contribution in [-0.2, 0) is 16.1 Å². The molecule has 0 spiro atoms. The third-order valence-corrected chi connectivity index (χ3v) is 2.99. The van der Waals surface area contributed by atoms with Crippen molar-refractivity contribution in [1.29, 1.82) is 0 Å². The number of unbranched alkanes of at least 4 members (excludes halogenated alkanes) is 2. The topological polar surface area (TPSA) is 61.2 Å². The highest BCUT2D eigenvalue weighted by Gasteiger charge is 2.02. The average molecular weight is 317 g/mol. The van der Waals surface area contributed by atoms with Crippen LogP contribution in [0.5, 0.6) is 0 Å². The fourth-order valence-electron chi connectivity index (χ4n) is 1.54. The van der Waals surface area contributed by atoms with Gasteiger partial charge in [0.1, 0.15) is 4.47 Å². The van der Waals surface area contributed by atoms with Crippen LogP contribution in [0, 0.1) is 0 Å². The molecule has 0 bridgehead atoms. The van der Waals surface area contributed by atoms with Crippen LogP contribution in [0.25, 0.3) is 0 Å². The van der Waals surface area contributed by atoms with Crippen LogP contribution in [0.1, 0.15) is 32.6 Å². The predicted molar refractivity (Wildman–Crippen MR) is 71.3 cm³/mol. The molecule has 0 saturated carbocycles. The number of carbonyl (C=O) groups is 1. The van der Waals surface area contributed by atoms with E-state index in [1.807, 2.05) is 0 Å². The van der Waals surface area contributed by atoms with E-state index in [0.29, 0.717) is 24.0 Å². The molecule has 6 heteroatoms. The molecule has 0 aliphatic heterocycles. The van der Waals surface area contributed by atoms with Crippen LogP contribution in [-0.4, -0.2) is 22.1 Å². The van der Waals surface area contributed by atoms with Crippen LogP contribution >= 0.6 is 15.9 Å². The summed E-state index contributed by atoms with van der Waals surface area (Å²) in [6.07, 6.45) is 5.97. The van der Waals surface area contributed by atoms with Gasteiger partial charge in [-0.25, -0.2) is 4.98 Å². The van der Waals surface area contributed by atoms with Crippen LogP contribution in [0.2, 0.25) is 0 Å². The smallest absolute Gasteiger partial charge is 0.305 e. The van der Waals surface area contributed by atoms with E-state index in [-0.39, 0.29) is 11.5 Å². The van der Waals surface area contributed by atoms with Gasteiger partial charge in [0, 0.05) is 19.2 Å². The Hall–Kier alpha value is -1.17. The van der Waals surface area contributed by atoms with Crippen LogP contribution in [0.3, 0.4) is 0 Å². The SMILES string of the molecule is CCOC(=O)CCCCCn1cncc(Br)c1=O. The van der Waals surface area contributed by atoms with Crippen molar-refractivity contribution in [2.75, 3.05) is 6.61 Å². The highest BCUT2D eigenvalue weighted by atomic mass is 79.9. The Morgan fingerprint density at radius 1 is 1.44 bits per heavy atom. The summed E-state index contributed by atoms with van der Waals surface area (Å²) in [6, 6.07) is 0. The summed E-state index contributed by atoms with van der Waals surface area (Å²) in [6.45, 7) is 2.84. The van der Waals surface area contributed by atoms with Gasteiger partial charge >= 0.3 is 5.97 Å². The number of aryl methyl sites for hydroxylation is 1. The van der Waals surface area contributed by atoms with Crippen molar-refractivity contribution in [3.8, 4) is 0 Å². The molecule has 5 nitrogen and oxygen atoms in total. The van der Waals surface area contributed by atoms with Crippen molar-refractivity contribution in [3.63, 3.8) is 0 Å². The third-order valence-electron chi connectivity index (χ3n) is 2.44. The lowest BCUT2D eigenvalue weighted by molar-refractivity contribution is -0.143. The molecule has 1 heterocycles. The lowest BCUT2D eigenvalue weighted by atomic mass is 10.2. The predicted octanol–water partition coefficient (Wildman–Crippen LogP) is 2.13. The number of ether oxygens (including phenoxy) is 1. The lowest BCUT2D eigenvalue weighted by Crippen LogP contribution is -2.20. The second kappa shape index (κ2) is 8.02. The van der Waals surface area contributed by atoms with E-state index >= 15 is 0 Å². The molecule has 0 radical (unpaired) electrons. The molecular weight excluding hydrogens is 300 g/mol. The van der Waals surface area contributed by atoms with Crippen LogP contribution < -0.4 is 5.56 Å². The van der Waals surface area contributed by atoms with Gasteiger partial charge in [0.25, 0.3) is 5.56 Å². The molecule has 1 rings (SSSR count). The van der Waals surface area contributed by atoms with Gasteiger partial charge in [-0.05, 0) is 35.7 Å². The van der Waals surface area contributed by atoms with Crippen molar-refractivity contribution in [3.05, 3.63) is 27.4 Å². The minimum atomic E-state index is -0.154. The van der Waals surface area contributed by atoms with Gasteiger partial charge in [0.2, 0.25) is 0 Å². The molecule has 0 fully saturated rings. The quantitative estimate of drug-likeness (QED) is 0.571. The van der Waals surface area contributed by atoms with Gasteiger partial charge < -0.3 is 4.74 Å². The van der Waals surface area contributed by atoms with Gasteiger partial charge in [0.05, 0.1) is 12.9 Å². The van der Waals surface area contributed by atoms with Gasteiger partial charge in [-0.1, -0.05) is 6.42 Å². The van der Waals surface area contributed by atoms with Crippen molar-refractivity contribution in [2.24, 2.45) is 0 Å². The Morgan fingerprint density at radius 2 is 2.22 bits per heavy atom. The summed E-state index contributed by atoms with van der Waals surface area (Å²) < 4.78 is 6.86. The maximum Gasteiger partial charge on any atom is 0.305 e. The van der Waals surface area contributed by atoms with Gasteiger partial charge in [-0.3, -0.25) is 14.2 Å². The Kier molecular flexibility index (Phi) is 6.64. The first-order chi connectivity index (χ1) is 8.65. The first-order valence-electron chi connectivity index (χ1n) is 6.00. The zero-order chi connectivity index (χ0) is 13.4. The maximum atomic E-state index is 11.6. The van der Waals surface area contributed by atoms with Crippen molar-refractivity contribution >= 4 is 21.9 Å². The van der Waals surface area contributed by atoms with Gasteiger partial charge in [-0.15, -0.1) is 0 Å². The number of hydrogen-bond donors (Lipinski definition) is 0. The fraction of sp³-hybridized carbons (Fsp3) is 0.583. The summed E-state index contributed by atoms with van der Waals surface area (Å²) in [7, 11) is 0. The van der Waals surface area contributed by atoms with Gasteiger partial charge in [-0.2, -0.15) is 0 Å². The molecule has 0 aromatic carbocycles. The summed E-state index contributed by atoms with van der Waals surface area (Å²) in [5.41, 5.74) is -0.0737. The second-order valence-electron chi connectivity index (χ2n) is 3.86. The zero-order valence-corrected chi connectivity index (χ0v) is 12.0. The molecular formula is C12H17BrN2O3. The highest BCUT2D eigenvalue weighted by molar-refractivity contribution is 9.10. The number of esters is 1. The normalized spacial score (nSPS) is 10.3. The fourth-order valence-corrected chi connectivity index (χ4v) is 1.89. The number of nitrogens with zero attached hydrogens (tertiary/aromatic N) is 2. The first kappa shape index (κ1) is 14.9. The van der Waals surface area contributed by atoms with E-state index in [9.17, 15) is 9.59 Å². The second-order valence-corrected chi connectivity index (χ2v) is 4.71. The van der Waals surface area contributed by atoms with E-state index in [1.54, 1.807) is 11.5 Å². The standard InChI is InChI=1S/C12H17BrN2O3/c1-2-18-11(16)6-4-3-5-7-15-9-14-8-10(13)12(15)17/h8-9H,2-7H2,1H3. The Balaban J connectivity index is 2.24. The molecule has 0 saturated heterocycles. The summed E-state index contributed by atoms with van der Waals surface area (Å²) in [5.74, 6) is -0.154. The maximum absolute atomic E-state index is 11.6. The molecule has 0 aliphatic rings. The Morgan fingerprint density at radius 3 is 2.94 bits per heavy atom. The molecule has 1 aromatic rings. The Bertz CT molecular complexity index is 445. The van der Waals surface area contributed by atoms with Crippen molar-refractivity contribution in [1.82, 2.24) is 9.55 Å². The molecule has 100 valence electrons. The molecule has 0 N–H and O–H groups in total. The van der Waals surface area contributed by atoms with E-state index in [2.05, 4.69) is 20.9 Å². The number of carbonyl (C=O) groups excluding carboxylic acids is 1. The molecule has 1 aromatic heterocycles. The highest BCUT2D eigenvalue weighted by Crippen LogP contribution is 2.04. The van der Waals surface area contributed by atoms with Crippen LogP contribution in [0.15, 0.2) is 21.8 Å². The Labute approximate surface area is 114 Å². The molecule has 0 atom stereocenters. The minimum Gasteiger partial charge on any atom is -0.466 e. The monoisotopic (exact) mass is 316 g/mol. The summed E-state index contributed by atoms with van der Waals surface area (Å²) in [5, 5.41) is 0. The van der Waals surface area contributed by atoms with Crippen molar-refractivity contribution < 1.29 is 9.53 Å². The van der Waals surface area contributed by atoms with E-state index in [4.69, 9.17) is 4.74 Å². The number of halogens is 1. The van der Waals surface area contributed by atoms with E-state index in [1.165, 1.54) is 12.5 Å². The largest absolute Gasteiger partial charge is 0.466 e. The summed E-state index contributed by atoms with van der Waals surface area (Å²) >= 11 is 3.15. The molecule has 0 amide bonds.